The van der Waals surface area contributed by atoms with Crippen molar-refractivity contribution in [3.05, 3.63) is 21.9 Å². The molecule has 0 saturated heterocycles. The lowest BCUT2D eigenvalue weighted by Gasteiger charge is -2.11. The van der Waals surface area contributed by atoms with Crippen molar-refractivity contribution in [1.29, 1.82) is 0 Å². The summed E-state index contributed by atoms with van der Waals surface area (Å²) < 4.78 is 7.47. The Hall–Kier alpha value is -2.05. The highest BCUT2D eigenvalue weighted by atomic mass is 16.4. The number of hydrogen-bond donors (Lipinski definition) is 0. The summed E-state index contributed by atoms with van der Waals surface area (Å²) in [5, 5.41) is 8.42. The van der Waals surface area contributed by atoms with Gasteiger partial charge in [-0.1, -0.05) is 12.8 Å². The van der Waals surface area contributed by atoms with Gasteiger partial charge in [0, 0.05) is 19.0 Å². The number of aromatic nitrogens is 4. The number of hydrogen-bond acceptors (Lipinski definition) is 6. The molecule has 0 aromatic carbocycles. The van der Waals surface area contributed by atoms with Crippen LogP contribution in [0.15, 0.2) is 14.2 Å². The Morgan fingerprint density at radius 1 is 1.04 bits per heavy atom. The van der Waals surface area contributed by atoms with Crippen molar-refractivity contribution in [2.45, 2.75) is 63.8 Å². The Balaban J connectivity index is 1.66. The molecule has 3 fully saturated rings. The Morgan fingerprint density at radius 2 is 1.80 bits per heavy atom. The average Bonchev–Trinajstić information content (AvgIpc) is 3.56. The molecule has 0 amide bonds. The Labute approximate surface area is 145 Å². The van der Waals surface area contributed by atoms with Crippen LogP contribution < -0.4 is 11.3 Å². The summed E-state index contributed by atoms with van der Waals surface area (Å²) in [7, 11) is 0. The molecule has 3 saturated carbocycles. The second-order valence-corrected chi connectivity index (χ2v) is 7.83. The van der Waals surface area contributed by atoms with Gasteiger partial charge in [-0.25, -0.2) is 14.8 Å². The number of rotatable bonds is 5. The van der Waals surface area contributed by atoms with Crippen molar-refractivity contribution in [2.24, 2.45) is 16.8 Å². The molecule has 3 aliphatic rings. The van der Waals surface area contributed by atoms with Gasteiger partial charge in [-0.3, -0.25) is 4.57 Å². The van der Waals surface area contributed by atoms with Crippen LogP contribution in [-0.2, 0) is 6.54 Å². The first kappa shape index (κ1) is 15.2. The molecule has 0 radical (unpaired) electrons. The lowest BCUT2D eigenvalue weighted by atomic mass is 10.1. The maximum Gasteiger partial charge on any atom is 0.370 e. The smallest absolute Gasteiger partial charge is 0.370 e. The van der Waals surface area contributed by atoms with Crippen molar-refractivity contribution < 1.29 is 4.42 Å². The molecule has 0 atom stereocenters. The quantitative estimate of drug-likeness (QED) is 0.832. The van der Waals surface area contributed by atoms with E-state index in [9.17, 15) is 4.79 Å². The largest absolute Gasteiger partial charge is 0.387 e. The molecule has 2 aromatic rings. The molecule has 7 heteroatoms. The summed E-state index contributed by atoms with van der Waals surface area (Å²) in [6.45, 7) is 1.53. The predicted molar refractivity (Wildman–Crippen MR) is 90.9 cm³/mol. The molecule has 2 aromatic heterocycles. The van der Waals surface area contributed by atoms with Crippen molar-refractivity contribution in [2.75, 3.05) is 6.54 Å². The molecule has 0 bridgehead atoms. The van der Waals surface area contributed by atoms with E-state index < -0.39 is 5.63 Å². The second kappa shape index (κ2) is 6.04. The van der Waals surface area contributed by atoms with Crippen LogP contribution in [0.2, 0.25) is 0 Å². The first-order chi connectivity index (χ1) is 12.3. The van der Waals surface area contributed by atoms with Crippen molar-refractivity contribution in [3.8, 4) is 0 Å². The first-order valence-corrected chi connectivity index (χ1v) is 9.56. The Kier molecular flexibility index (Phi) is 3.68. The van der Waals surface area contributed by atoms with E-state index in [2.05, 4.69) is 15.2 Å². The van der Waals surface area contributed by atoms with E-state index in [1.807, 2.05) is 4.57 Å². The summed E-state index contributed by atoms with van der Waals surface area (Å²) in [4.78, 5) is 21.7. The highest BCUT2D eigenvalue weighted by Gasteiger charge is 2.27. The number of nitrogens with zero attached hydrogens (tertiary/aromatic N) is 5. The summed E-state index contributed by atoms with van der Waals surface area (Å²) >= 11 is 0. The molecule has 0 unspecified atom stereocenters. The second-order valence-electron chi connectivity index (χ2n) is 7.83. The summed E-state index contributed by atoms with van der Waals surface area (Å²) in [5.41, 5.74) is 0.770. The lowest BCUT2D eigenvalue weighted by molar-refractivity contribution is 0.383. The monoisotopic (exact) mass is 341 g/mol. The van der Waals surface area contributed by atoms with Gasteiger partial charge in [-0.2, -0.15) is 0 Å². The van der Waals surface area contributed by atoms with Gasteiger partial charge in [0.1, 0.15) is 0 Å². The van der Waals surface area contributed by atoms with Crippen LogP contribution in [0.1, 0.15) is 63.1 Å². The molecule has 2 heterocycles. The average molecular weight is 341 g/mol. The van der Waals surface area contributed by atoms with E-state index in [-0.39, 0.29) is 5.52 Å². The minimum absolute atomic E-state index is 0.229. The van der Waals surface area contributed by atoms with Gasteiger partial charge < -0.3 is 4.42 Å². The van der Waals surface area contributed by atoms with Gasteiger partial charge in [0.25, 0.3) is 0 Å². The van der Waals surface area contributed by atoms with Gasteiger partial charge in [0.2, 0.25) is 5.52 Å². The first-order valence-electron chi connectivity index (χ1n) is 9.56. The van der Waals surface area contributed by atoms with Crippen molar-refractivity contribution >= 4 is 11.2 Å². The highest BCUT2D eigenvalue weighted by molar-refractivity contribution is 5.67. The highest BCUT2D eigenvalue weighted by Crippen LogP contribution is 2.33. The zero-order chi connectivity index (χ0) is 16.8. The molecule has 0 spiro atoms. The van der Waals surface area contributed by atoms with Gasteiger partial charge in [0.05, 0.1) is 0 Å². The summed E-state index contributed by atoms with van der Waals surface area (Å²) in [6.07, 6.45) is 9.51. The topological polar surface area (TPSA) is 86.2 Å². The minimum Gasteiger partial charge on any atom is -0.387 e. The minimum atomic E-state index is -0.477. The fraction of sp³-hybridized carbons (Fsp3) is 0.722. The van der Waals surface area contributed by atoms with Crippen LogP contribution in [0.4, 0.5) is 0 Å². The third-order valence-corrected chi connectivity index (χ3v) is 5.59. The molecule has 7 nitrogen and oxygen atoms in total. The predicted octanol–water partition coefficient (Wildman–Crippen LogP) is 2.16. The van der Waals surface area contributed by atoms with E-state index in [1.165, 1.54) is 38.5 Å². The third kappa shape index (κ3) is 3.12. The van der Waals surface area contributed by atoms with E-state index in [0.717, 1.165) is 31.8 Å². The molecule has 0 aliphatic heterocycles. The molecular weight excluding hydrogens is 318 g/mol. The van der Waals surface area contributed by atoms with Crippen molar-refractivity contribution in [1.82, 2.24) is 19.7 Å². The number of fused-ring (bicyclic) bond motifs is 1. The fourth-order valence-electron chi connectivity index (χ4n) is 3.63. The maximum absolute atomic E-state index is 12.4. The van der Waals surface area contributed by atoms with Crippen LogP contribution in [-0.4, -0.2) is 26.3 Å². The SMILES string of the molecule is O=c1oc(=NCC2CC2)n(CC2CC2)c2nc(C3CCCC3)nnc12. The van der Waals surface area contributed by atoms with Crippen LogP contribution in [0.25, 0.3) is 11.2 Å². The van der Waals surface area contributed by atoms with Gasteiger partial charge in [-0.05, 0) is 50.4 Å². The fourth-order valence-corrected chi connectivity index (χ4v) is 3.63. The van der Waals surface area contributed by atoms with E-state index in [4.69, 9.17) is 9.40 Å². The zero-order valence-corrected chi connectivity index (χ0v) is 14.4. The van der Waals surface area contributed by atoms with Gasteiger partial charge in [-0.15, -0.1) is 10.2 Å². The van der Waals surface area contributed by atoms with Crippen LogP contribution in [0, 0.1) is 11.8 Å². The third-order valence-electron chi connectivity index (χ3n) is 5.59. The molecule has 3 aliphatic carbocycles. The van der Waals surface area contributed by atoms with Crippen LogP contribution >= 0.6 is 0 Å². The van der Waals surface area contributed by atoms with Crippen LogP contribution in [0.5, 0.6) is 0 Å². The summed E-state index contributed by atoms with van der Waals surface area (Å²) in [5.74, 6) is 2.41. The molecule has 5 rings (SSSR count). The summed E-state index contributed by atoms with van der Waals surface area (Å²) in [6, 6.07) is 0. The molecular formula is C18H23N5O2. The zero-order valence-electron chi connectivity index (χ0n) is 14.4. The van der Waals surface area contributed by atoms with Crippen LogP contribution in [0.3, 0.4) is 0 Å². The molecule has 25 heavy (non-hydrogen) atoms. The normalized spacial score (nSPS) is 22.2. The standard InChI is InChI=1S/C18H23N5O2/c24-17-14-16(20-15(22-21-14)13-3-1-2-4-13)23(10-12-7-8-12)18(25-17)19-9-11-5-6-11/h11-13H,1-10H2. The molecule has 132 valence electrons. The lowest BCUT2D eigenvalue weighted by Crippen LogP contribution is -2.29. The molecule has 0 N–H and O–H groups in total. The van der Waals surface area contributed by atoms with E-state index >= 15 is 0 Å². The van der Waals surface area contributed by atoms with Gasteiger partial charge >= 0.3 is 11.3 Å². The Bertz CT molecular complexity index is 917. The van der Waals surface area contributed by atoms with Crippen molar-refractivity contribution in [3.63, 3.8) is 0 Å². The maximum atomic E-state index is 12.4. The van der Waals surface area contributed by atoms with Gasteiger partial charge in [0.15, 0.2) is 11.5 Å². The van der Waals surface area contributed by atoms with E-state index in [0.29, 0.717) is 29.1 Å². The Morgan fingerprint density at radius 3 is 2.52 bits per heavy atom. The van der Waals surface area contributed by atoms with E-state index in [1.54, 1.807) is 0 Å².